The first-order valence-electron chi connectivity index (χ1n) is 6.70. The van der Waals surface area contributed by atoms with E-state index >= 15 is 0 Å². The highest BCUT2D eigenvalue weighted by molar-refractivity contribution is 5.88. The van der Waals surface area contributed by atoms with E-state index in [2.05, 4.69) is 21.8 Å². The number of carboxylic acid groups (broad SMARTS) is 1. The molecule has 114 valence electrons. The molecule has 0 fully saturated rings. The maximum absolute atomic E-state index is 11.6. The molecule has 0 amide bonds. The zero-order chi connectivity index (χ0) is 16.2. The van der Waals surface area contributed by atoms with Gasteiger partial charge in [-0.25, -0.2) is 10.9 Å². The van der Waals surface area contributed by atoms with Gasteiger partial charge < -0.3 is 10.2 Å². The van der Waals surface area contributed by atoms with Crippen LogP contribution in [0.4, 0.5) is 0 Å². The van der Waals surface area contributed by atoms with E-state index in [1.165, 1.54) is 6.07 Å². The molecule has 0 spiro atoms. The molecule has 0 radical (unpaired) electrons. The summed E-state index contributed by atoms with van der Waals surface area (Å²) in [5.74, 6) is 1.42. The van der Waals surface area contributed by atoms with Crippen LogP contribution >= 0.6 is 0 Å². The lowest BCUT2D eigenvalue weighted by molar-refractivity contribution is -0.144. The fourth-order valence-electron chi connectivity index (χ4n) is 2.22. The van der Waals surface area contributed by atoms with Crippen molar-refractivity contribution < 1.29 is 15.0 Å². The number of rotatable bonds is 6. The molecule has 6 nitrogen and oxygen atoms in total. The van der Waals surface area contributed by atoms with Crippen LogP contribution in [-0.2, 0) is 11.2 Å². The van der Waals surface area contributed by atoms with Crippen LogP contribution in [0, 0.1) is 12.3 Å². The van der Waals surface area contributed by atoms with Crippen LogP contribution in [0.5, 0.6) is 5.75 Å². The van der Waals surface area contributed by atoms with E-state index in [-0.39, 0.29) is 18.7 Å². The summed E-state index contributed by atoms with van der Waals surface area (Å²) in [5, 5.41) is 20.1. The number of pyridine rings is 1. The van der Waals surface area contributed by atoms with Gasteiger partial charge in [-0.3, -0.25) is 9.78 Å². The maximum atomic E-state index is 11.6. The van der Waals surface area contributed by atoms with Gasteiger partial charge in [-0.2, -0.15) is 0 Å². The summed E-state index contributed by atoms with van der Waals surface area (Å²) in [6.07, 6.45) is 6.92. The molecule has 0 bridgehead atoms. The summed E-state index contributed by atoms with van der Waals surface area (Å²) in [7, 11) is 0. The lowest BCUT2D eigenvalue weighted by atomic mass is 9.91. The third-order valence-electron chi connectivity index (χ3n) is 3.41. The first-order valence-corrected chi connectivity index (χ1v) is 6.70. The van der Waals surface area contributed by atoms with Gasteiger partial charge in [-0.15, -0.1) is 6.42 Å². The molecule has 0 aliphatic rings. The van der Waals surface area contributed by atoms with E-state index in [1.807, 2.05) is 0 Å². The Morgan fingerprint density at radius 1 is 1.45 bits per heavy atom. The Morgan fingerprint density at radius 2 is 2.23 bits per heavy atom. The zero-order valence-corrected chi connectivity index (χ0v) is 12.1. The molecule has 22 heavy (non-hydrogen) atoms. The number of fused-ring (bicyclic) bond motifs is 1. The number of phenols is 1. The quantitative estimate of drug-likeness (QED) is 0.362. The summed E-state index contributed by atoms with van der Waals surface area (Å²) < 4.78 is 0. The molecule has 1 unspecified atom stereocenters. The van der Waals surface area contributed by atoms with Crippen molar-refractivity contribution in [3.8, 4) is 18.1 Å². The van der Waals surface area contributed by atoms with Crippen molar-refractivity contribution in [1.29, 1.82) is 0 Å². The highest BCUT2D eigenvalue weighted by atomic mass is 16.4. The molecule has 4 N–H and O–H groups in total. The number of phenolic OH excluding ortho intramolecular Hbond substituents is 1. The van der Waals surface area contributed by atoms with Crippen LogP contribution in [0.3, 0.4) is 0 Å². The monoisotopic (exact) mass is 299 g/mol. The average Bonchev–Trinajstić information content (AvgIpc) is 2.50. The molecule has 0 saturated heterocycles. The van der Waals surface area contributed by atoms with E-state index in [9.17, 15) is 15.0 Å². The van der Waals surface area contributed by atoms with Crippen LogP contribution < -0.4 is 10.9 Å². The highest BCUT2D eigenvalue weighted by Gasteiger charge is 2.33. The largest absolute Gasteiger partial charge is 0.506 e. The average molecular weight is 299 g/mol. The summed E-state index contributed by atoms with van der Waals surface area (Å²) in [6.45, 7) is 1.77. The first-order chi connectivity index (χ1) is 10.5. The molecule has 2 aromatic rings. The van der Waals surface area contributed by atoms with E-state index in [1.54, 1.807) is 31.3 Å². The Bertz CT molecular complexity index is 739. The van der Waals surface area contributed by atoms with Crippen LogP contribution in [0.2, 0.25) is 0 Å². The van der Waals surface area contributed by atoms with Gasteiger partial charge in [-0.05, 0) is 24.6 Å². The number of terminal acetylenes is 1. The van der Waals surface area contributed by atoms with E-state index in [0.717, 1.165) is 5.56 Å². The SMILES string of the molecule is C#CCNNC(C)(Cc1ccc(O)c2ncccc12)C(=O)O. The van der Waals surface area contributed by atoms with Gasteiger partial charge in [0.2, 0.25) is 0 Å². The molecular weight excluding hydrogens is 282 g/mol. The second-order valence-corrected chi connectivity index (χ2v) is 5.14. The molecule has 0 aliphatic heterocycles. The zero-order valence-electron chi connectivity index (χ0n) is 12.1. The van der Waals surface area contributed by atoms with Crippen LogP contribution in [-0.4, -0.2) is 33.3 Å². The van der Waals surface area contributed by atoms with E-state index in [0.29, 0.717) is 10.9 Å². The van der Waals surface area contributed by atoms with Crippen molar-refractivity contribution in [1.82, 2.24) is 15.8 Å². The van der Waals surface area contributed by atoms with Crippen molar-refractivity contribution >= 4 is 16.9 Å². The van der Waals surface area contributed by atoms with Crippen molar-refractivity contribution in [2.45, 2.75) is 18.9 Å². The molecule has 1 aromatic carbocycles. The number of hydrogen-bond donors (Lipinski definition) is 4. The fourth-order valence-corrected chi connectivity index (χ4v) is 2.22. The van der Waals surface area contributed by atoms with Crippen molar-refractivity contribution in [3.63, 3.8) is 0 Å². The van der Waals surface area contributed by atoms with Crippen LogP contribution in [0.25, 0.3) is 10.9 Å². The number of nitrogens with zero attached hydrogens (tertiary/aromatic N) is 1. The standard InChI is InChI=1S/C16H17N3O3/c1-3-8-18-19-16(2,15(21)22)10-11-6-7-13(20)14-12(11)5-4-9-17-14/h1,4-7,9,18-20H,8,10H2,2H3,(H,21,22). The second-order valence-electron chi connectivity index (χ2n) is 5.14. The number of hydrazine groups is 1. The van der Waals surface area contributed by atoms with Gasteiger partial charge in [0, 0.05) is 18.0 Å². The van der Waals surface area contributed by atoms with E-state index < -0.39 is 11.5 Å². The van der Waals surface area contributed by atoms with Crippen molar-refractivity contribution in [2.24, 2.45) is 0 Å². The molecule has 0 aliphatic carbocycles. The molecule has 1 heterocycles. The molecule has 6 heteroatoms. The number of benzene rings is 1. The third-order valence-corrected chi connectivity index (χ3v) is 3.41. The predicted molar refractivity (Wildman–Crippen MR) is 83.1 cm³/mol. The van der Waals surface area contributed by atoms with Gasteiger partial charge >= 0.3 is 5.97 Å². The Morgan fingerprint density at radius 3 is 2.91 bits per heavy atom. The summed E-state index contributed by atoms with van der Waals surface area (Å²) in [6, 6.07) is 6.76. The lowest BCUT2D eigenvalue weighted by Gasteiger charge is -2.27. The normalized spacial score (nSPS) is 13.5. The van der Waals surface area contributed by atoms with Crippen LogP contribution in [0.1, 0.15) is 12.5 Å². The number of aromatic nitrogens is 1. The Kier molecular flexibility index (Phi) is 4.61. The molecule has 0 saturated carbocycles. The summed E-state index contributed by atoms with van der Waals surface area (Å²) >= 11 is 0. The molecular formula is C16H17N3O3. The second kappa shape index (κ2) is 6.43. The minimum atomic E-state index is -1.25. The van der Waals surface area contributed by atoms with Gasteiger partial charge in [0.05, 0.1) is 6.54 Å². The van der Waals surface area contributed by atoms with E-state index in [4.69, 9.17) is 6.42 Å². The smallest absolute Gasteiger partial charge is 0.325 e. The predicted octanol–water partition coefficient (Wildman–Crippen LogP) is 1.05. The maximum Gasteiger partial charge on any atom is 0.325 e. The minimum absolute atomic E-state index is 0.0646. The summed E-state index contributed by atoms with van der Waals surface area (Å²) in [5.41, 5.74) is 5.41. The first kappa shape index (κ1) is 15.8. The number of aromatic hydroxyl groups is 1. The van der Waals surface area contributed by atoms with Crippen molar-refractivity contribution in [2.75, 3.05) is 6.54 Å². The molecule has 1 aromatic heterocycles. The summed E-state index contributed by atoms with van der Waals surface area (Å²) in [4.78, 5) is 15.7. The Hall–Kier alpha value is -2.62. The van der Waals surface area contributed by atoms with Crippen molar-refractivity contribution in [3.05, 3.63) is 36.0 Å². The lowest BCUT2D eigenvalue weighted by Crippen LogP contribution is -2.57. The Labute approximate surface area is 128 Å². The van der Waals surface area contributed by atoms with Crippen LogP contribution in [0.15, 0.2) is 30.5 Å². The van der Waals surface area contributed by atoms with Gasteiger partial charge in [0.1, 0.15) is 16.8 Å². The fraction of sp³-hybridized carbons (Fsp3) is 0.250. The number of aliphatic carboxylic acids is 1. The Balaban J connectivity index is 2.37. The minimum Gasteiger partial charge on any atom is -0.506 e. The van der Waals surface area contributed by atoms with Gasteiger partial charge in [0.15, 0.2) is 0 Å². The van der Waals surface area contributed by atoms with Gasteiger partial charge in [0.25, 0.3) is 0 Å². The topological polar surface area (TPSA) is 94.5 Å². The number of carbonyl (C=O) groups is 1. The number of carboxylic acids is 1. The highest BCUT2D eigenvalue weighted by Crippen LogP contribution is 2.27. The molecule has 1 atom stereocenters. The molecule has 2 rings (SSSR count). The number of hydrogen-bond acceptors (Lipinski definition) is 5. The third kappa shape index (κ3) is 3.17. The van der Waals surface area contributed by atoms with Gasteiger partial charge in [-0.1, -0.05) is 18.1 Å². The number of nitrogens with one attached hydrogen (secondary N) is 2.